The number of aliphatic carboxylic acids is 1. The van der Waals surface area contributed by atoms with Gasteiger partial charge in [-0.25, -0.2) is 4.98 Å². The lowest BCUT2D eigenvalue weighted by Crippen LogP contribution is -2.20. The largest absolute Gasteiger partial charge is 0.481 e. The van der Waals surface area contributed by atoms with E-state index in [4.69, 9.17) is 22.0 Å². The molecule has 0 spiro atoms. The van der Waals surface area contributed by atoms with Gasteiger partial charge in [0, 0.05) is 6.54 Å². The molecule has 1 aromatic heterocycles. The Kier molecular flexibility index (Phi) is 4.46. The Hall–Kier alpha value is -1.80. The summed E-state index contributed by atoms with van der Waals surface area (Å²) in [5, 5.41) is 21.3. The number of nitrogens with zero attached hydrogens (tertiary/aromatic N) is 2. The number of carbonyl (C=O) groups is 1. The van der Waals surface area contributed by atoms with E-state index < -0.39 is 5.97 Å². The zero-order chi connectivity index (χ0) is 14.7. The number of nitriles is 1. The minimum Gasteiger partial charge on any atom is -0.481 e. The lowest BCUT2D eigenvalue weighted by atomic mass is 10.00. The van der Waals surface area contributed by atoms with E-state index in [0.717, 1.165) is 12.8 Å². The van der Waals surface area contributed by atoms with Crippen molar-refractivity contribution in [3.8, 4) is 6.07 Å². The molecular weight excluding hydrogens is 278 g/mol. The van der Waals surface area contributed by atoms with E-state index >= 15 is 0 Å². The topological polar surface area (TPSA) is 86.0 Å². The van der Waals surface area contributed by atoms with Crippen LogP contribution in [-0.4, -0.2) is 22.6 Å². The molecular formula is C14H16ClN3O2. The second kappa shape index (κ2) is 6.10. The number of pyridine rings is 1. The summed E-state index contributed by atoms with van der Waals surface area (Å²) < 4.78 is 0. The predicted molar refractivity (Wildman–Crippen MR) is 75.7 cm³/mol. The Labute approximate surface area is 122 Å². The van der Waals surface area contributed by atoms with Crippen molar-refractivity contribution in [2.45, 2.75) is 26.2 Å². The van der Waals surface area contributed by atoms with Gasteiger partial charge in [0.15, 0.2) is 0 Å². The second-order valence-corrected chi connectivity index (χ2v) is 5.55. The van der Waals surface area contributed by atoms with Gasteiger partial charge in [-0.05, 0) is 37.7 Å². The average Bonchev–Trinajstić information content (AvgIpc) is 3.21. The van der Waals surface area contributed by atoms with Crippen molar-refractivity contribution < 1.29 is 9.90 Å². The van der Waals surface area contributed by atoms with Gasteiger partial charge in [0.1, 0.15) is 11.9 Å². The monoisotopic (exact) mass is 293 g/mol. The van der Waals surface area contributed by atoms with E-state index in [1.165, 1.54) is 0 Å². The third kappa shape index (κ3) is 3.61. The third-order valence-electron chi connectivity index (χ3n) is 3.54. The maximum atomic E-state index is 10.9. The lowest BCUT2D eigenvalue weighted by Gasteiger charge is -2.16. The molecule has 20 heavy (non-hydrogen) atoms. The van der Waals surface area contributed by atoms with E-state index in [1.807, 2.05) is 6.07 Å². The molecule has 0 aromatic carbocycles. The van der Waals surface area contributed by atoms with Gasteiger partial charge < -0.3 is 10.4 Å². The van der Waals surface area contributed by atoms with Gasteiger partial charge in [0.05, 0.1) is 22.7 Å². The molecule has 6 heteroatoms. The number of carboxylic acid groups (broad SMARTS) is 1. The Morgan fingerprint density at radius 1 is 1.70 bits per heavy atom. The minimum absolute atomic E-state index is 0.0984. The van der Waals surface area contributed by atoms with Gasteiger partial charge in [-0.15, -0.1) is 0 Å². The molecule has 1 aromatic rings. The van der Waals surface area contributed by atoms with E-state index in [-0.39, 0.29) is 12.3 Å². The smallest absolute Gasteiger partial charge is 0.303 e. The summed E-state index contributed by atoms with van der Waals surface area (Å²) in [6.45, 7) is 2.28. The highest BCUT2D eigenvalue weighted by Crippen LogP contribution is 2.38. The molecule has 1 aliphatic rings. The van der Waals surface area contributed by atoms with Crippen molar-refractivity contribution in [3.63, 3.8) is 0 Å². The average molecular weight is 294 g/mol. The first-order valence-corrected chi connectivity index (χ1v) is 6.92. The van der Waals surface area contributed by atoms with Gasteiger partial charge >= 0.3 is 5.97 Å². The van der Waals surface area contributed by atoms with Crippen LogP contribution in [-0.2, 0) is 4.79 Å². The zero-order valence-corrected chi connectivity index (χ0v) is 11.9. The van der Waals surface area contributed by atoms with Gasteiger partial charge in [0.25, 0.3) is 0 Å². The van der Waals surface area contributed by atoms with Crippen LogP contribution in [0.5, 0.6) is 0 Å². The summed E-state index contributed by atoms with van der Waals surface area (Å²) in [6.07, 6.45) is 2.34. The van der Waals surface area contributed by atoms with Crippen LogP contribution in [0, 0.1) is 30.1 Å². The Morgan fingerprint density at radius 2 is 2.40 bits per heavy atom. The number of halogens is 1. The minimum atomic E-state index is -0.779. The fraction of sp³-hybridized carbons (Fsp3) is 0.500. The first-order chi connectivity index (χ1) is 9.51. The van der Waals surface area contributed by atoms with Crippen molar-refractivity contribution in [1.82, 2.24) is 4.98 Å². The number of hydrogen-bond acceptors (Lipinski definition) is 4. The summed E-state index contributed by atoms with van der Waals surface area (Å²) in [4.78, 5) is 15.1. The quantitative estimate of drug-likeness (QED) is 0.842. The number of hydrogen-bond donors (Lipinski definition) is 2. The van der Waals surface area contributed by atoms with Crippen LogP contribution < -0.4 is 5.32 Å². The molecule has 0 saturated heterocycles. The first kappa shape index (κ1) is 14.6. The van der Waals surface area contributed by atoms with Gasteiger partial charge in [0.2, 0.25) is 0 Å². The van der Waals surface area contributed by atoms with Crippen LogP contribution in [0.15, 0.2) is 6.07 Å². The molecule has 1 atom stereocenters. The number of aryl methyl sites for hydroxylation is 1. The molecule has 1 aliphatic carbocycles. The highest BCUT2D eigenvalue weighted by molar-refractivity contribution is 6.33. The van der Waals surface area contributed by atoms with E-state index in [0.29, 0.717) is 34.6 Å². The van der Waals surface area contributed by atoms with E-state index in [2.05, 4.69) is 10.3 Å². The molecule has 1 unspecified atom stereocenters. The normalized spacial score (nSPS) is 15.4. The van der Waals surface area contributed by atoms with E-state index in [1.54, 1.807) is 13.0 Å². The molecule has 1 saturated carbocycles. The van der Waals surface area contributed by atoms with Crippen LogP contribution in [0.3, 0.4) is 0 Å². The van der Waals surface area contributed by atoms with Crippen LogP contribution in [0.1, 0.15) is 30.5 Å². The van der Waals surface area contributed by atoms with Crippen LogP contribution in [0.2, 0.25) is 5.02 Å². The maximum Gasteiger partial charge on any atom is 0.303 e. The molecule has 1 heterocycles. The molecule has 1 fully saturated rings. The summed E-state index contributed by atoms with van der Waals surface area (Å²) >= 11 is 6.07. The highest BCUT2D eigenvalue weighted by atomic mass is 35.5. The standard InChI is InChI=1S/C14H16ClN3O2/c1-8-10(6-16)4-12(15)14(18-8)17-7-11(5-13(19)20)9-2-3-9/h4,9,11H,2-3,5,7H2,1H3,(H,17,18)(H,19,20). The summed E-state index contributed by atoms with van der Waals surface area (Å²) in [7, 11) is 0. The predicted octanol–water partition coefficient (Wildman–Crippen LogP) is 2.83. The first-order valence-electron chi connectivity index (χ1n) is 6.54. The van der Waals surface area contributed by atoms with Gasteiger partial charge in [-0.3, -0.25) is 4.79 Å². The van der Waals surface area contributed by atoms with Crippen molar-refractivity contribution >= 4 is 23.4 Å². The number of aromatic nitrogens is 1. The molecule has 106 valence electrons. The molecule has 0 aliphatic heterocycles. The Bertz CT molecular complexity index is 564. The van der Waals surface area contributed by atoms with Crippen molar-refractivity contribution in [3.05, 3.63) is 22.3 Å². The second-order valence-electron chi connectivity index (χ2n) is 5.14. The number of rotatable bonds is 6. The molecule has 5 nitrogen and oxygen atoms in total. The lowest BCUT2D eigenvalue weighted by molar-refractivity contribution is -0.138. The third-order valence-corrected chi connectivity index (χ3v) is 3.83. The number of anilines is 1. The Balaban J connectivity index is 2.04. The fourth-order valence-corrected chi connectivity index (χ4v) is 2.46. The van der Waals surface area contributed by atoms with Crippen LogP contribution >= 0.6 is 11.6 Å². The summed E-state index contributed by atoms with van der Waals surface area (Å²) in [5.41, 5.74) is 1.06. The zero-order valence-electron chi connectivity index (χ0n) is 11.2. The van der Waals surface area contributed by atoms with Gasteiger partial charge in [-0.1, -0.05) is 11.6 Å². The Morgan fingerprint density at radius 3 is 2.95 bits per heavy atom. The SMILES string of the molecule is Cc1nc(NCC(CC(=O)O)C2CC2)c(Cl)cc1C#N. The number of nitrogens with one attached hydrogen (secondary N) is 1. The van der Waals surface area contributed by atoms with E-state index in [9.17, 15) is 4.79 Å². The van der Waals surface area contributed by atoms with Crippen molar-refractivity contribution in [2.24, 2.45) is 11.8 Å². The van der Waals surface area contributed by atoms with Crippen molar-refractivity contribution in [1.29, 1.82) is 5.26 Å². The maximum absolute atomic E-state index is 10.9. The summed E-state index contributed by atoms with van der Waals surface area (Å²) in [6, 6.07) is 3.61. The molecule has 0 amide bonds. The van der Waals surface area contributed by atoms with Crippen LogP contribution in [0.4, 0.5) is 5.82 Å². The molecule has 0 bridgehead atoms. The fourth-order valence-electron chi connectivity index (χ4n) is 2.24. The van der Waals surface area contributed by atoms with Gasteiger partial charge in [-0.2, -0.15) is 5.26 Å². The number of carboxylic acids is 1. The highest BCUT2D eigenvalue weighted by Gasteiger charge is 2.32. The molecule has 2 rings (SSSR count). The van der Waals surface area contributed by atoms with Crippen molar-refractivity contribution in [2.75, 3.05) is 11.9 Å². The summed E-state index contributed by atoms with van der Waals surface area (Å²) in [5.74, 6) is 0.316. The molecule has 2 N–H and O–H groups in total. The molecule has 0 radical (unpaired) electrons. The van der Waals surface area contributed by atoms with Crippen LogP contribution in [0.25, 0.3) is 0 Å².